The van der Waals surface area contributed by atoms with Crippen LogP contribution in [-0.2, 0) is 25.9 Å². The fourth-order valence-electron chi connectivity index (χ4n) is 3.67. The van der Waals surface area contributed by atoms with Crippen molar-refractivity contribution < 1.29 is 17.9 Å². The van der Waals surface area contributed by atoms with E-state index in [1.165, 1.54) is 11.8 Å². The van der Waals surface area contributed by atoms with Crippen molar-refractivity contribution in [1.82, 2.24) is 20.1 Å². The molecule has 11 heteroatoms. The van der Waals surface area contributed by atoms with E-state index in [2.05, 4.69) is 15.5 Å². The lowest BCUT2D eigenvalue weighted by Gasteiger charge is -2.15. The van der Waals surface area contributed by atoms with E-state index in [0.29, 0.717) is 29.0 Å². The van der Waals surface area contributed by atoms with E-state index >= 15 is 0 Å². The second kappa shape index (κ2) is 9.25. The largest absolute Gasteiger partial charge is 0.376 e. The number of carbonyl (C=O) groups excluding carboxylic acids is 1. The van der Waals surface area contributed by atoms with Gasteiger partial charge < -0.3 is 10.1 Å². The Bertz CT molecular complexity index is 1000. The van der Waals surface area contributed by atoms with Crippen molar-refractivity contribution in [3.8, 4) is 11.4 Å². The molecule has 1 aromatic heterocycles. The molecular weight excluding hydrogens is 448 g/mol. The van der Waals surface area contributed by atoms with Gasteiger partial charge in [-0.2, -0.15) is 0 Å². The van der Waals surface area contributed by atoms with Gasteiger partial charge in [0.1, 0.15) is 0 Å². The maximum atomic E-state index is 12.3. The number of carbonyl (C=O) groups is 1. The molecule has 2 aliphatic heterocycles. The molecule has 0 bridgehead atoms. The molecule has 30 heavy (non-hydrogen) atoms. The highest BCUT2D eigenvalue weighted by Gasteiger charge is 2.29. The van der Waals surface area contributed by atoms with E-state index in [4.69, 9.17) is 16.3 Å². The van der Waals surface area contributed by atoms with Gasteiger partial charge in [0.15, 0.2) is 20.8 Å². The Morgan fingerprint density at radius 1 is 1.27 bits per heavy atom. The molecule has 4 rings (SSSR count). The summed E-state index contributed by atoms with van der Waals surface area (Å²) in [4.78, 5) is 12.3. The first kappa shape index (κ1) is 21.6. The third-order valence-electron chi connectivity index (χ3n) is 5.16. The van der Waals surface area contributed by atoms with Gasteiger partial charge in [-0.25, -0.2) is 8.42 Å². The zero-order chi connectivity index (χ0) is 21.1. The molecule has 0 spiro atoms. The van der Waals surface area contributed by atoms with Crippen molar-refractivity contribution in [1.29, 1.82) is 0 Å². The summed E-state index contributed by atoms with van der Waals surface area (Å²) >= 11 is 7.29. The zero-order valence-electron chi connectivity index (χ0n) is 16.3. The first-order valence-electron chi connectivity index (χ1n) is 9.83. The van der Waals surface area contributed by atoms with E-state index in [1.807, 2.05) is 16.7 Å². The van der Waals surface area contributed by atoms with E-state index in [9.17, 15) is 13.2 Å². The first-order valence-corrected chi connectivity index (χ1v) is 13.0. The van der Waals surface area contributed by atoms with Crippen molar-refractivity contribution in [2.24, 2.45) is 0 Å². The summed E-state index contributed by atoms with van der Waals surface area (Å²) in [5.74, 6) is 0.777. The van der Waals surface area contributed by atoms with E-state index in [-0.39, 0.29) is 35.3 Å². The number of rotatable bonds is 7. The summed E-state index contributed by atoms with van der Waals surface area (Å²) in [5, 5.41) is 12.7. The van der Waals surface area contributed by atoms with Gasteiger partial charge in [0.05, 0.1) is 29.9 Å². The maximum Gasteiger partial charge on any atom is 0.230 e. The Balaban J connectivity index is 1.46. The Labute approximate surface area is 184 Å². The van der Waals surface area contributed by atoms with Crippen molar-refractivity contribution in [2.75, 3.05) is 23.9 Å². The number of benzene rings is 1. The minimum Gasteiger partial charge on any atom is -0.376 e. The molecule has 2 fully saturated rings. The van der Waals surface area contributed by atoms with Gasteiger partial charge >= 0.3 is 0 Å². The molecule has 2 atom stereocenters. The summed E-state index contributed by atoms with van der Waals surface area (Å²) in [6.07, 6.45) is 2.55. The topological polar surface area (TPSA) is 103 Å². The monoisotopic (exact) mass is 470 g/mol. The zero-order valence-corrected chi connectivity index (χ0v) is 18.7. The fraction of sp³-hybridized carbons (Fsp3) is 0.526. The maximum absolute atomic E-state index is 12.3. The van der Waals surface area contributed by atoms with Crippen molar-refractivity contribution in [3.05, 3.63) is 29.3 Å². The Hall–Kier alpha value is -1.62. The van der Waals surface area contributed by atoms with Gasteiger partial charge in [0, 0.05) is 23.2 Å². The van der Waals surface area contributed by atoms with Crippen LogP contribution in [0.2, 0.25) is 5.02 Å². The number of thioether (sulfide) groups is 1. The molecule has 0 aliphatic carbocycles. The number of amides is 1. The number of aromatic nitrogens is 3. The average molecular weight is 471 g/mol. The Morgan fingerprint density at radius 3 is 2.73 bits per heavy atom. The minimum atomic E-state index is -3.03. The highest BCUT2D eigenvalue weighted by molar-refractivity contribution is 7.99. The van der Waals surface area contributed by atoms with Gasteiger partial charge in [-0.05, 0) is 43.5 Å². The Kier molecular flexibility index (Phi) is 6.66. The predicted octanol–water partition coefficient (Wildman–Crippen LogP) is 2.17. The second-order valence-electron chi connectivity index (χ2n) is 7.51. The Morgan fingerprint density at radius 2 is 2.07 bits per heavy atom. The summed E-state index contributed by atoms with van der Waals surface area (Å²) in [5.41, 5.74) is 0.886. The van der Waals surface area contributed by atoms with E-state index in [1.54, 1.807) is 12.1 Å². The molecule has 0 unspecified atom stereocenters. The molecule has 2 aliphatic rings. The molecular formula is C19H23ClN4O4S2. The third kappa shape index (κ3) is 5.35. The smallest absolute Gasteiger partial charge is 0.230 e. The number of hydrogen-bond acceptors (Lipinski definition) is 7. The van der Waals surface area contributed by atoms with Crippen molar-refractivity contribution >= 4 is 39.1 Å². The average Bonchev–Trinajstić information content (AvgIpc) is 3.42. The number of halogens is 1. The third-order valence-corrected chi connectivity index (χ3v) is 8.15. The standard InChI is InChI=1S/C19H23ClN4O4S2/c20-14-5-3-13(4-6-14)18-22-23-19(24(18)10-16-2-1-8-28-16)29-11-17(25)21-15-7-9-30(26,27)12-15/h3-6,15-16H,1-2,7-12H2,(H,21,25)/t15-,16-/m0/s1. The molecule has 0 saturated carbocycles. The SMILES string of the molecule is O=C(CSc1nnc(-c2ccc(Cl)cc2)n1C[C@@H]1CCCO1)N[C@H]1CCS(=O)(=O)C1. The van der Waals surface area contributed by atoms with Crippen LogP contribution < -0.4 is 5.32 Å². The first-order chi connectivity index (χ1) is 14.4. The van der Waals surface area contributed by atoms with Crippen LogP contribution in [-0.4, -0.2) is 65.1 Å². The molecule has 2 aromatic rings. The molecule has 2 saturated heterocycles. The molecule has 8 nitrogen and oxygen atoms in total. The van der Waals surface area contributed by atoms with Gasteiger partial charge in [-0.15, -0.1) is 10.2 Å². The minimum absolute atomic E-state index is 0.0132. The molecule has 162 valence electrons. The van der Waals surface area contributed by atoms with Crippen LogP contribution in [0.5, 0.6) is 0 Å². The van der Waals surface area contributed by atoms with Crippen LogP contribution in [0, 0.1) is 0 Å². The van der Waals surface area contributed by atoms with Crippen LogP contribution in [0.25, 0.3) is 11.4 Å². The lowest BCUT2D eigenvalue weighted by atomic mass is 10.2. The van der Waals surface area contributed by atoms with Crippen LogP contribution >= 0.6 is 23.4 Å². The lowest BCUT2D eigenvalue weighted by molar-refractivity contribution is -0.119. The highest BCUT2D eigenvalue weighted by Crippen LogP contribution is 2.27. The van der Waals surface area contributed by atoms with Crippen LogP contribution in [0.15, 0.2) is 29.4 Å². The highest BCUT2D eigenvalue weighted by atomic mass is 35.5. The van der Waals surface area contributed by atoms with Gasteiger partial charge in [-0.3, -0.25) is 9.36 Å². The number of sulfone groups is 1. The summed E-state index contributed by atoms with van der Waals surface area (Å²) in [6, 6.07) is 7.08. The quantitative estimate of drug-likeness (QED) is 0.618. The number of ether oxygens (including phenoxy) is 1. The van der Waals surface area contributed by atoms with Crippen molar-refractivity contribution in [2.45, 2.75) is 43.1 Å². The number of hydrogen-bond donors (Lipinski definition) is 1. The van der Waals surface area contributed by atoms with Crippen LogP contribution in [0.1, 0.15) is 19.3 Å². The van der Waals surface area contributed by atoms with E-state index < -0.39 is 9.84 Å². The second-order valence-corrected chi connectivity index (χ2v) is 11.1. The van der Waals surface area contributed by atoms with E-state index in [0.717, 1.165) is 25.0 Å². The fourth-order valence-corrected chi connectivity index (χ4v) is 6.23. The number of nitrogens with one attached hydrogen (secondary N) is 1. The van der Waals surface area contributed by atoms with Gasteiger partial charge in [-0.1, -0.05) is 23.4 Å². The number of nitrogens with zero attached hydrogens (tertiary/aromatic N) is 3. The summed E-state index contributed by atoms with van der Waals surface area (Å²) in [6.45, 7) is 1.36. The molecule has 0 radical (unpaired) electrons. The molecule has 1 aromatic carbocycles. The van der Waals surface area contributed by atoms with Gasteiger partial charge in [0.25, 0.3) is 0 Å². The summed E-state index contributed by atoms with van der Waals surface area (Å²) < 4.78 is 30.9. The molecule has 3 heterocycles. The van der Waals surface area contributed by atoms with Crippen LogP contribution in [0.3, 0.4) is 0 Å². The molecule has 1 amide bonds. The van der Waals surface area contributed by atoms with Gasteiger partial charge in [0.2, 0.25) is 5.91 Å². The van der Waals surface area contributed by atoms with Crippen LogP contribution in [0.4, 0.5) is 0 Å². The predicted molar refractivity (Wildman–Crippen MR) is 115 cm³/mol. The summed E-state index contributed by atoms with van der Waals surface area (Å²) in [7, 11) is -3.03. The normalized spacial score (nSPS) is 23.0. The lowest BCUT2D eigenvalue weighted by Crippen LogP contribution is -2.36. The molecule has 1 N–H and O–H groups in total. The van der Waals surface area contributed by atoms with Crippen molar-refractivity contribution in [3.63, 3.8) is 0 Å².